The Hall–Kier alpha value is -1.43. The van der Waals surface area contributed by atoms with Crippen molar-refractivity contribution in [3.05, 3.63) is 35.4 Å². The average molecular weight is 331 g/mol. The molecule has 132 valence electrons. The Bertz CT molecular complexity index is 584. The molecule has 1 atom stereocenters. The SMILES string of the molecule is Cc1cccc(CN2CCCC(O)(CN3CCN(C)CC3)C2=O)c1. The Morgan fingerprint density at radius 1 is 1.17 bits per heavy atom. The van der Waals surface area contributed by atoms with Gasteiger partial charge in [0.1, 0.15) is 0 Å². The minimum Gasteiger partial charge on any atom is -0.379 e. The van der Waals surface area contributed by atoms with Gasteiger partial charge in [0.05, 0.1) is 0 Å². The molecule has 0 saturated carbocycles. The lowest BCUT2D eigenvalue weighted by Gasteiger charge is -2.42. The van der Waals surface area contributed by atoms with Crippen LogP contribution in [0.2, 0.25) is 0 Å². The topological polar surface area (TPSA) is 47.0 Å². The van der Waals surface area contributed by atoms with Crippen molar-refractivity contribution in [3.63, 3.8) is 0 Å². The Labute approximate surface area is 144 Å². The third-order valence-corrected chi connectivity index (χ3v) is 5.24. The van der Waals surface area contributed by atoms with Gasteiger partial charge < -0.3 is 14.9 Å². The third kappa shape index (κ3) is 3.97. The molecule has 0 spiro atoms. The lowest BCUT2D eigenvalue weighted by Crippen LogP contribution is -2.60. The van der Waals surface area contributed by atoms with Gasteiger partial charge in [-0.25, -0.2) is 0 Å². The first kappa shape index (κ1) is 17.4. The highest BCUT2D eigenvalue weighted by Crippen LogP contribution is 2.26. The molecule has 2 fully saturated rings. The van der Waals surface area contributed by atoms with Crippen LogP contribution in [0.4, 0.5) is 0 Å². The second-order valence-corrected chi connectivity index (χ2v) is 7.43. The van der Waals surface area contributed by atoms with Crippen LogP contribution in [0.25, 0.3) is 0 Å². The van der Waals surface area contributed by atoms with Crippen molar-refractivity contribution in [2.24, 2.45) is 0 Å². The summed E-state index contributed by atoms with van der Waals surface area (Å²) in [6.45, 7) is 7.68. The van der Waals surface area contributed by atoms with E-state index in [-0.39, 0.29) is 5.91 Å². The summed E-state index contributed by atoms with van der Waals surface area (Å²) in [5, 5.41) is 11.0. The molecule has 0 bridgehead atoms. The Morgan fingerprint density at radius 3 is 2.62 bits per heavy atom. The van der Waals surface area contributed by atoms with E-state index in [1.807, 2.05) is 11.0 Å². The molecule has 2 aliphatic rings. The van der Waals surface area contributed by atoms with Crippen molar-refractivity contribution in [2.75, 3.05) is 46.3 Å². The van der Waals surface area contributed by atoms with Crippen molar-refractivity contribution in [3.8, 4) is 0 Å². The van der Waals surface area contributed by atoms with Gasteiger partial charge in [0, 0.05) is 45.8 Å². The molecule has 5 nitrogen and oxygen atoms in total. The summed E-state index contributed by atoms with van der Waals surface area (Å²) in [5.41, 5.74) is 1.11. The van der Waals surface area contributed by atoms with E-state index in [1.54, 1.807) is 0 Å². The minimum atomic E-state index is -1.22. The van der Waals surface area contributed by atoms with E-state index >= 15 is 0 Å². The normalized spacial score (nSPS) is 26.8. The first-order chi connectivity index (χ1) is 11.5. The number of benzene rings is 1. The van der Waals surface area contributed by atoms with Crippen molar-refractivity contribution in [2.45, 2.75) is 31.9 Å². The summed E-state index contributed by atoms with van der Waals surface area (Å²) >= 11 is 0. The second-order valence-electron chi connectivity index (χ2n) is 7.43. The monoisotopic (exact) mass is 331 g/mol. The molecular formula is C19H29N3O2. The van der Waals surface area contributed by atoms with Gasteiger partial charge >= 0.3 is 0 Å². The van der Waals surface area contributed by atoms with Crippen LogP contribution in [-0.2, 0) is 11.3 Å². The fraction of sp³-hybridized carbons (Fsp3) is 0.632. The van der Waals surface area contributed by atoms with E-state index in [0.29, 0.717) is 19.5 Å². The largest absolute Gasteiger partial charge is 0.379 e. The Kier molecular flexibility index (Phi) is 5.23. The number of amides is 1. The van der Waals surface area contributed by atoms with Crippen LogP contribution in [0.5, 0.6) is 0 Å². The molecular weight excluding hydrogens is 302 g/mol. The summed E-state index contributed by atoms with van der Waals surface area (Å²) in [6, 6.07) is 8.25. The second kappa shape index (κ2) is 7.21. The smallest absolute Gasteiger partial charge is 0.256 e. The number of carbonyl (C=O) groups is 1. The summed E-state index contributed by atoms with van der Waals surface area (Å²) in [4.78, 5) is 19.3. The highest BCUT2D eigenvalue weighted by molar-refractivity contribution is 5.86. The number of hydrogen-bond donors (Lipinski definition) is 1. The standard InChI is InChI=1S/C19H29N3O2/c1-16-5-3-6-17(13-16)14-22-8-4-7-19(24,18(22)23)15-21-11-9-20(2)10-12-21/h3,5-6,13,24H,4,7-12,14-15H2,1-2H3. The number of rotatable bonds is 4. The minimum absolute atomic E-state index is 0.103. The van der Waals surface area contributed by atoms with E-state index in [4.69, 9.17) is 0 Å². The van der Waals surface area contributed by atoms with Crippen molar-refractivity contribution >= 4 is 5.91 Å². The summed E-state index contributed by atoms with van der Waals surface area (Å²) in [5.74, 6) is -0.103. The van der Waals surface area contributed by atoms with Gasteiger partial charge in [-0.05, 0) is 32.4 Å². The van der Waals surface area contributed by atoms with Crippen LogP contribution in [0.15, 0.2) is 24.3 Å². The van der Waals surface area contributed by atoms with Crippen LogP contribution in [0.1, 0.15) is 24.0 Å². The molecule has 24 heavy (non-hydrogen) atoms. The number of hydrogen-bond acceptors (Lipinski definition) is 4. The van der Waals surface area contributed by atoms with Gasteiger partial charge in [0.2, 0.25) is 0 Å². The van der Waals surface area contributed by atoms with Crippen LogP contribution < -0.4 is 0 Å². The number of likely N-dealkylation sites (N-methyl/N-ethyl adjacent to an activating group) is 1. The lowest BCUT2D eigenvalue weighted by atomic mass is 9.90. The number of likely N-dealkylation sites (tertiary alicyclic amines) is 1. The van der Waals surface area contributed by atoms with Crippen molar-refractivity contribution < 1.29 is 9.90 Å². The molecule has 3 rings (SSSR count). The molecule has 5 heteroatoms. The van der Waals surface area contributed by atoms with E-state index in [9.17, 15) is 9.90 Å². The molecule has 1 aromatic carbocycles. The van der Waals surface area contributed by atoms with E-state index in [2.05, 4.69) is 42.0 Å². The molecule has 0 aromatic heterocycles. The maximum absolute atomic E-state index is 12.9. The molecule has 2 aliphatic heterocycles. The van der Waals surface area contributed by atoms with E-state index in [1.165, 1.54) is 5.56 Å². The number of carbonyl (C=O) groups excluding carboxylic acids is 1. The summed E-state index contributed by atoms with van der Waals surface area (Å²) < 4.78 is 0. The van der Waals surface area contributed by atoms with Gasteiger partial charge in [0.25, 0.3) is 5.91 Å². The van der Waals surface area contributed by atoms with Crippen LogP contribution >= 0.6 is 0 Å². The quantitative estimate of drug-likeness (QED) is 0.897. The maximum atomic E-state index is 12.9. The fourth-order valence-corrected chi connectivity index (χ4v) is 3.77. The zero-order valence-corrected chi connectivity index (χ0v) is 14.9. The molecule has 2 heterocycles. The first-order valence-corrected chi connectivity index (χ1v) is 8.94. The zero-order valence-electron chi connectivity index (χ0n) is 14.9. The Balaban J connectivity index is 1.65. The molecule has 0 radical (unpaired) electrons. The third-order valence-electron chi connectivity index (χ3n) is 5.24. The van der Waals surface area contributed by atoms with E-state index in [0.717, 1.165) is 44.7 Å². The van der Waals surface area contributed by atoms with Crippen molar-refractivity contribution in [1.82, 2.24) is 14.7 Å². The number of aryl methyl sites for hydroxylation is 1. The number of nitrogens with zero attached hydrogens (tertiary/aromatic N) is 3. The highest BCUT2D eigenvalue weighted by Gasteiger charge is 2.43. The van der Waals surface area contributed by atoms with Gasteiger partial charge in [-0.15, -0.1) is 0 Å². The van der Waals surface area contributed by atoms with Gasteiger partial charge in [-0.1, -0.05) is 29.8 Å². The van der Waals surface area contributed by atoms with Crippen LogP contribution in [-0.4, -0.2) is 77.6 Å². The number of β-amino-alcohol motifs (C(OH)–C–C–N with tert-alkyl or cyclic N) is 1. The molecule has 1 amide bonds. The first-order valence-electron chi connectivity index (χ1n) is 8.94. The molecule has 1 N–H and O–H groups in total. The number of piperidine rings is 1. The predicted octanol–water partition coefficient (Wildman–Crippen LogP) is 1.10. The van der Waals surface area contributed by atoms with E-state index < -0.39 is 5.60 Å². The predicted molar refractivity (Wildman–Crippen MR) is 94.7 cm³/mol. The molecule has 0 aliphatic carbocycles. The molecule has 2 saturated heterocycles. The van der Waals surface area contributed by atoms with Gasteiger partial charge in [0.15, 0.2) is 5.60 Å². The van der Waals surface area contributed by atoms with Crippen LogP contribution in [0, 0.1) is 6.92 Å². The van der Waals surface area contributed by atoms with Crippen molar-refractivity contribution in [1.29, 1.82) is 0 Å². The Morgan fingerprint density at radius 2 is 1.92 bits per heavy atom. The number of piperazine rings is 1. The zero-order chi connectivity index (χ0) is 17.2. The lowest BCUT2D eigenvalue weighted by molar-refractivity contribution is -0.160. The maximum Gasteiger partial charge on any atom is 0.256 e. The molecule has 1 unspecified atom stereocenters. The average Bonchev–Trinajstić information content (AvgIpc) is 2.54. The summed E-state index contributed by atoms with van der Waals surface area (Å²) in [6.07, 6.45) is 1.43. The van der Waals surface area contributed by atoms with Gasteiger partial charge in [-0.3, -0.25) is 9.69 Å². The number of aliphatic hydroxyl groups is 1. The highest BCUT2D eigenvalue weighted by atomic mass is 16.3. The van der Waals surface area contributed by atoms with Gasteiger partial charge in [-0.2, -0.15) is 0 Å². The fourth-order valence-electron chi connectivity index (χ4n) is 3.77. The summed E-state index contributed by atoms with van der Waals surface area (Å²) in [7, 11) is 2.11. The molecule has 1 aromatic rings. The van der Waals surface area contributed by atoms with Crippen LogP contribution in [0.3, 0.4) is 0 Å².